The third-order valence-electron chi connectivity index (χ3n) is 2.28. The molecule has 0 spiro atoms. The van der Waals surface area contributed by atoms with Gasteiger partial charge in [0.15, 0.2) is 5.82 Å². The molecule has 0 aliphatic carbocycles. The van der Waals surface area contributed by atoms with Gasteiger partial charge in [0.25, 0.3) is 5.91 Å². The maximum absolute atomic E-state index is 12.0. The first kappa shape index (κ1) is 13.2. The summed E-state index contributed by atoms with van der Waals surface area (Å²) in [4.78, 5) is 20.0. The third-order valence-corrected chi connectivity index (χ3v) is 3.58. The van der Waals surface area contributed by atoms with E-state index in [0.717, 1.165) is 10.0 Å². The fourth-order valence-corrected chi connectivity index (χ4v) is 1.80. The number of hydrogen-bond acceptors (Lipinski definition) is 3. The molecule has 1 heterocycles. The van der Waals surface area contributed by atoms with E-state index in [1.165, 1.54) is 12.4 Å². The van der Waals surface area contributed by atoms with E-state index < -0.39 is 0 Å². The van der Waals surface area contributed by atoms with Gasteiger partial charge >= 0.3 is 0 Å². The summed E-state index contributed by atoms with van der Waals surface area (Å²) in [5.74, 6) is 0.214. The molecule has 0 saturated heterocycles. The third kappa shape index (κ3) is 3.14. The number of nitrogens with zero attached hydrogens (tertiary/aromatic N) is 2. The summed E-state index contributed by atoms with van der Waals surface area (Å²) in [5, 5.41) is 2.68. The van der Waals surface area contributed by atoms with Crippen molar-refractivity contribution in [1.82, 2.24) is 9.97 Å². The molecule has 0 radical (unpaired) electrons. The molecule has 0 atom stereocenters. The van der Waals surface area contributed by atoms with Crippen molar-refractivity contribution in [2.75, 3.05) is 5.32 Å². The van der Waals surface area contributed by atoms with Crippen LogP contribution in [0.1, 0.15) is 15.9 Å². The van der Waals surface area contributed by atoms with Crippen LogP contribution in [0.3, 0.4) is 0 Å². The van der Waals surface area contributed by atoms with Gasteiger partial charge in [-0.2, -0.15) is 0 Å². The number of amides is 1. The van der Waals surface area contributed by atoms with Gasteiger partial charge in [-0.15, -0.1) is 0 Å². The lowest BCUT2D eigenvalue weighted by molar-refractivity contribution is 0.102. The largest absolute Gasteiger partial charge is 0.305 e. The highest BCUT2D eigenvalue weighted by molar-refractivity contribution is 9.10. The molecule has 0 aliphatic heterocycles. The second kappa shape index (κ2) is 5.58. The fraction of sp³-hybridized carbons (Fsp3) is 0.0833. The standard InChI is InChI=1S/C12H9Br2N3O/c1-7-4-8(2-3-9(7)13)12(18)17-11-6-15-10(14)5-16-11/h2-6H,1H3,(H,16,17,18). The Balaban J connectivity index is 2.16. The summed E-state index contributed by atoms with van der Waals surface area (Å²) in [6, 6.07) is 5.40. The van der Waals surface area contributed by atoms with Crippen molar-refractivity contribution in [3.05, 3.63) is 50.8 Å². The van der Waals surface area contributed by atoms with E-state index in [0.29, 0.717) is 16.0 Å². The van der Waals surface area contributed by atoms with Crippen LogP contribution in [-0.2, 0) is 0 Å². The molecule has 6 heteroatoms. The highest BCUT2D eigenvalue weighted by atomic mass is 79.9. The van der Waals surface area contributed by atoms with E-state index in [1.54, 1.807) is 6.07 Å². The number of anilines is 1. The van der Waals surface area contributed by atoms with Crippen LogP contribution in [0.15, 0.2) is 39.7 Å². The summed E-state index contributed by atoms with van der Waals surface area (Å²) in [6.07, 6.45) is 3.02. The molecule has 1 amide bonds. The van der Waals surface area contributed by atoms with Crippen LogP contribution in [-0.4, -0.2) is 15.9 Å². The van der Waals surface area contributed by atoms with E-state index in [9.17, 15) is 4.79 Å². The molecule has 0 bridgehead atoms. The lowest BCUT2D eigenvalue weighted by Gasteiger charge is -2.05. The zero-order chi connectivity index (χ0) is 13.1. The number of benzene rings is 1. The molecule has 0 unspecified atom stereocenters. The van der Waals surface area contributed by atoms with Gasteiger partial charge in [0.1, 0.15) is 4.60 Å². The molecule has 0 fully saturated rings. The molecule has 1 N–H and O–H groups in total. The molecule has 1 aromatic carbocycles. The molecule has 4 nitrogen and oxygen atoms in total. The zero-order valence-corrected chi connectivity index (χ0v) is 12.6. The highest BCUT2D eigenvalue weighted by Crippen LogP contribution is 2.17. The van der Waals surface area contributed by atoms with E-state index in [2.05, 4.69) is 47.1 Å². The Morgan fingerprint density at radius 2 is 2.00 bits per heavy atom. The molecular formula is C12H9Br2N3O. The zero-order valence-electron chi connectivity index (χ0n) is 9.45. The van der Waals surface area contributed by atoms with Crippen molar-refractivity contribution in [2.24, 2.45) is 0 Å². The van der Waals surface area contributed by atoms with Gasteiger partial charge in [0.05, 0.1) is 12.4 Å². The van der Waals surface area contributed by atoms with Crippen LogP contribution in [0.2, 0.25) is 0 Å². The number of aromatic nitrogens is 2. The fourth-order valence-electron chi connectivity index (χ4n) is 1.35. The van der Waals surface area contributed by atoms with Gasteiger partial charge in [0, 0.05) is 10.0 Å². The molecule has 0 aliphatic rings. The number of rotatable bonds is 2. The Bertz CT molecular complexity index is 584. The van der Waals surface area contributed by atoms with Crippen molar-refractivity contribution in [3.8, 4) is 0 Å². The molecule has 92 valence electrons. The maximum atomic E-state index is 12.0. The minimum absolute atomic E-state index is 0.206. The average molecular weight is 371 g/mol. The van der Waals surface area contributed by atoms with E-state index >= 15 is 0 Å². The predicted octanol–water partition coefficient (Wildman–Crippen LogP) is 3.56. The van der Waals surface area contributed by atoms with Gasteiger partial charge < -0.3 is 5.32 Å². The van der Waals surface area contributed by atoms with Crippen LogP contribution in [0.25, 0.3) is 0 Å². The normalized spacial score (nSPS) is 10.2. The average Bonchev–Trinajstić information content (AvgIpc) is 2.35. The smallest absolute Gasteiger partial charge is 0.256 e. The Morgan fingerprint density at radius 1 is 1.22 bits per heavy atom. The van der Waals surface area contributed by atoms with Crippen molar-refractivity contribution in [2.45, 2.75) is 6.92 Å². The number of hydrogen-bond donors (Lipinski definition) is 1. The van der Waals surface area contributed by atoms with E-state index in [1.807, 2.05) is 19.1 Å². The minimum Gasteiger partial charge on any atom is -0.305 e. The number of carbonyl (C=O) groups excluding carboxylic acids is 1. The Labute approximate surface area is 121 Å². The van der Waals surface area contributed by atoms with Crippen molar-refractivity contribution >= 4 is 43.6 Å². The summed E-state index contributed by atoms with van der Waals surface area (Å²) in [5.41, 5.74) is 1.59. The van der Waals surface area contributed by atoms with Crippen molar-refractivity contribution in [1.29, 1.82) is 0 Å². The Morgan fingerprint density at radius 3 is 2.61 bits per heavy atom. The summed E-state index contributed by atoms with van der Waals surface area (Å²) in [6.45, 7) is 1.93. The monoisotopic (exact) mass is 369 g/mol. The van der Waals surface area contributed by atoms with Gasteiger partial charge in [0.2, 0.25) is 0 Å². The second-order valence-corrected chi connectivity index (χ2v) is 5.31. The van der Waals surface area contributed by atoms with Gasteiger partial charge in [-0.05, 0) is 46.6 Å². The second-order valence-electron chi connectivity index (χ2n) is 3.64. The van der Waals surface area contributed by atoms with Crippen molar-refractivity contribution < 1.29 is 4.79 Å². The van der Waals surface area contributed by atoms with Crippen LogP contribution in [0, 0.1) is 6.92 Å². The van der Waals surface area contributed by atoms with Crippen LogP contribution < -0.4 is 5.32 Å². The predicted molar refractivity (Wildman–Crippen MR) is 76.6 cm³/mol. The van der Waals surface area contributed by atoms with E-state index in [-0.39, 0.29) is 5.91 Å². The summed E-state index contributed by atoms with van der Waals surface area (Å²) >= 11 is 6.58. The molecule has 2 rings (SSSR count). The first-order valence-electron chi connectivity index (χ1n) is 5.11. The summed E-state index contributed by atoms with van der Waals surface area (Å²) in [7, 11) is 0. The summed E-state index contributed by atoms with van der Waals surface area (Å²) < 4.78 is 1.60. The quantitative estimate of drug-likeness (QED) is 0.879. The number of carbonyl (C=O) groups is 1. The first-order chi connectivity index (χ1) is 8.56. The topological polar surface area (TPSA) is 54.9 Å². The van der Waals surface area contributed by atoms with Crippen LogP contribution in [0.4, 0.5) is 5.82 Å². The molecule has 18 heavy (non-hydrogen) atoms. The minimum atomic E-state index is -0.206. The molecule has 2 aromatic rings. The van der Waals surface area contributed by atoms with Gasteiger partial charge in [-0.1, -0.05) is 15.9 Å². The van der Waals surface area contributed by atoms with Crippen molar-refractivity contribution in [3.63, 3.8) is 0 Å². The number of nitrogens with one attached hydrogen (secondary N) is 1. The molecule has 0 saturated carbocycles. The lowest BCUT2D eigenvalue weighted by atomic mass is 10.1. The molecule has 1 aromatic heterocycles. The highest BCUT2D eigenvalue weighted by Gasteiger charge is 2.08. The molecular weight excluding hydrogens is 362 g/mol. The Kier molecular flexibility index (Phi) is 4.08. The van der Waals surface area contributed by atoms with Gasteiger partial charge in [-0.25, -0.2) is 9.97 Å². The van der Waals surface area contributed by atoms with E-state index in [4.69, 9.17) is 0 Å². The SMILES string of the molecule is Cc1cc(C(=O)Nc2cnc(Br)cn2)ccc1Br. The first-order valence-corrected chi connectivity index (χ1v) is 6.70. The maximum Gasteiger partial charge on any atom is 0.256 e. The van der Waals surface area contributed by atoms with Crippen LogP contribution in [0.5, 0.6) is 0 Å². The van der Waals surface area contributed by atoms with Crippen LogP contribution >= 0.6 is 31.9 Å². The number of aryl methyl sites for hydroxylation is 1. The number of halogens is 2. The van der Waals surface area contributed by atoms with Gasteiger partial charge in [-0.3, -0.25) is 4.79 Å². The Hall–Kier alpha value is -1.27. The lowest BCUT2D eigenvalue weighted by Crippen LogP contribution is -2.13.